The van der Waals surface area contributed by atoms with Crippen LogP contribution in [-0.4, -0.2) is 4.57 Å². The molecule has 0 aromatic carbocycles. The minimum Gasteiger partial charge on any atom is -0.319 e. The Kier molecular flexibility index (Phi) is 0.618. The van der Waals surface area contributed by atoms with E-state index in [0.717, 1.165) is 6.42 Å². The Morgan fingerprint density at radius 3 is 3.50 bits per heavy atom. The molecule has 0 N–H and O–H groups in total. The zero-order valence-corrected chi connectivity index (χ0v) is 4.46. The van der Waals surface area contributed by atoms with Gasteiger partial charge in [0.1, 0.15) is 0 Å². The number of nitrogens with zero attached hydrogens (tertiary/aromatic N) is 1. The third-order valence-electron chi connectivity index (χ3n) is 1.37. The number of aromatic nitrogens is 1. The largest absolute Gasteiger partial charge is 0.319 e. The molecule has 1 aliphatic rings. The van der Waals surface area contributed by atoms with Gasteiger partial charge in [0.15, 0.2) is 0 Å². The molecule has 1 aliphatic heterocycles. The van der Waals surface area contributed by atoms with Crippen LogP contribution in [0.5, 0.6) is 0 Å². The monoisotopic (exact) mass is 104 g/mol. The van der Waals surface area contributed by atoms with Crippen molar-refractivity contribution in [1.82, 2.24) is 4.57 Å². The van der Waals surface area contributed by atoms with Gasteiger partial charge >= 0.3 is 0 Å². The Morgan fingerprint density at radius 2 is 2.62 bits per heavy atom. The lowest BCUT2D eigenvalue weighted by atomic mass is 10.3. The van der Waals surface area contributed by atoms with E-state index in [2.05, 4.69) is 12.3 Å². The summed E-state index contributed by atoms with van der Waals surface area (Å²) < 4.78 is 2.01. The molecule has 0 saturated carbocycles. The molecule has 0 atom stereocenters. The molecular weight excluding hydrogens is 98.1 g/mol. The molecule has 8 heavy (non-hydrogen) atoms. The van der Waals surface area contributed by atoms with Crippen molar-refractivity contribution in [3.05, 3.63) is 36.3 Å². The van der Waals surface area contributed by atoms with E-state index in [9.17, 15) is 0 Å². The van der Waals surface area contributed by atoms with Crippen molar-refractivity contribution in [2.24, 2.45) is 0 Å². The van der Waals surface area contributed by atoms with E-state index in [0.29, 0.717) is 0 Å². The maximum absolute atomic E-state index is 3.07. The van der Waals surface area contributed by atoms with Gasteiger partial charge in [-0.3, -0.25) is 0 Å². The zero-order valence-electron chi connectivity index (χ0n) is 4.46. The average Bonchev–Trinajstić information content (AvgIpc) is 2.15. The van der Waals surface area contributed by atoms with Crippen molar-refractivity contribution >= 4 is 0 Å². The second-order valence-electron chi connectivity index (χ2n) is 1.91. The fourth-order valence-electron chi connectivity index (χ4n) is 0.957. The smallest absolute Gasteiger partial charge is 0.0654 e. The third-order valence-corrected chi connectivity index (χ3v) is 1.37. The highest BCUT2D eigenvalue weighted by Crippen LogP contribution is 2.08. The van der Waals surface area contributed by atoms with Gasteiger partial charge in [-0.15, -0.1) is 0 Å². The van der Waals surface area contributed by atoms with Crippen LogP contribution in [0.4, 0.5) is 0 Å². The molecule has 1 radical (unpaired) electrons. The van der Waals surface area contributed by atoms with Gasteiger partial charge < -0.3 is 4.57 Å². The maximum atomic E-state index is 3.07. The van der Waals surface area contributed by atoms with Crippen molar-refractivity contribution < 1.29 is 0 Å². The van der Waals surface area contributed by atoms with Gasteiger partial charge in [0.05, 0.1) is 6.20 Å². The first-order chi connectivity index (χ1) is 3.97. The number of allylic oxidation sites excluding steroid dienone is 1. The lowest BCUT2D eigenvalue weighted by molar-refractivity contribution is 1.02. The van der Waals surface area contributed by atoms with Crippen molar-refractivity contribution in [1.29, 1.82) is 0 Å². The van der Waals surface area contributed by atoms with Crippen LogP contribution in [0.2, 0.25) is 0 Å². The van der Waals surface area contributed by atoms with E-state index < -0.39 is 0 Å². The first-order valence-electron chi connectivity index (χ1n) is 2.71. The Balaban J connectivity index is 2.67. The van der Waals surface area contributed by atoms with Crippen molar-refractivity contribution in [2.75, 3.05) is 0 Å². The molecule has 0 amide bonds. The predicted molar refractivity (Wildman–Crippen MR) is 31.3 cm³/mol. The van der Waals surface area contributed by atoms with Crippen LogP contribution in [0.1, 0.15) is 5.69 Å². The second-order valence-corrected chi connectivity index (χ2v) is 1.91. The number of rotatable bonds is 0. The minimum atomic E-state index is 1.05. The lowest BCUT2D eigenvalue weighted by Crippen LogP contribution is -1.82. The molecule has 2 heterocycles. The van der Waals surface area contributed by atoms with Crippen molar-refractivity contribution in [2.45, 2.75) is 6.42 Å². The summed E-state index contributed by atoms with van der Waals surface area (Å²) in [5.41, 5.74) is 1.34. The highest BCUT2D eigenvalue weighted by molar-refractivity contribution is 5.16. The van der Waals surface area contributed by atoms with E-state index in [1.807, 2.05) is 22.9 Å². The molecule has 0 fully saturated rings. The quantitative estimate of drug-likeness (QED) is 0.466. The molecule has 0 spiro atoms. The number of hydrogen-bond acceptors (Lipinski definition) is 0. The Morgan fingerprint density at radius 1 is 1.62 bits per heavy atom. The number of hydrogen-bond donors (Lipinski definition) is 0. The highest BCUT2D eigenvalue weighted by Gasteiger charge is 2.00. The summed E-state index contributed by atoms with van der Waals surface area (Å²) in [5.74, 6) is 0. The Bertz CT molecular complexity index is 220. The van der Waals surface area contributed by atoms with Gasteiger partial charge in [-0.05, 0) is 12.1 Å². The van der Waals surface area contributed by atoms with Crippen LogP contribution in [0.25, 0.3) is 0 Å². The molecule has 0 unspecified atom stereocenters. The van der Waals surface area contributed by atoms with Gasteiger partial charge in [0, 0.05) is 18.3 Å². The molecule has 1 heteroatoms. The first-order valence-corrected chi connectivity index (χ1v) is 2.71. The fraction of sp³-hybridized carbons (Fsp3) is 0.143. The van der Waals surface area contributed by atoms with E-state index >= 15 is 0 Å². The Labute approximate surface area is 48.2 Å². The van der Waals surface area contributed by atoms with Gasteiger partial charge in [0.2, 0.25) is 0 Å². The fourth-order valence-corrected chi connectivity index (χ4v) is 0.957. The average molecular weight is 104 g/mol. The molecule has 1 aromatic heterocycles. The van der Waals surface area contributed by atoms with Gasteiger partial charge in [-0.2, -0.15) is 0 Å². The van der Waals surface area contributed by atoms with Gasteiger partial charge in [-0.25, -0.2) is 0 Å². The summed E-state index contributed by atoms with van der Waals surface area (Å²) >= 11 is 0. The summed E-state index contributed by atoms with van der Waals surface area (Å²) in [5, 5.41) is 0. The van der Waals surface area contributed by atoms with E-state index in [4.69, 9.17) is 0 Å². The highest BCUT2D eigenvalue weighted by atomic mass is 15.0. The summed E-state index contributed by atoms with van der Waals surface area (Å²) in [6.45, 7) is 0. The summed E-state index contributed by atoms with van der Waals surface area (Å²) in [4.78, 5) is 0. The Hall–Kier alpha value is -0.980. The van der Waals surface area contributed by atoms with Crippen LogP contribution >= 0.6 is 0 Å². The molecule has 39 valence electrons. The number of fused-ring (bicyclic) bond motifs is 1. The third kappa shape index (κ3) is 0.360. The molecular formula is C7H6N. The first kappa shape index (κ1) is 3.96. The molecule has 0 saturated heterocycles. The van der Waals surface area contributed by atoms with Gasteiger partial charge in [0.25, 0.3) is 0 Å². The normalized spacial score (nSPS) is 14.5. The van der Waals surface area contributed by atoms with E-state index in [-0.39, 0.29) is 0 Å². The molecule has 1 aromatic rings. The lowest BCUT2D eigenvalue weighted by Gasteiger charge is -1.87. The van der Waals surface area contributed by atoms with Crippen LogP contribution in [-0.2, 0) is 6.42 Å². The summed E-state index contributed by atoms with van der Waals surface area (Å²) in [7, 11) is 0. The van der Waals surface area contributed by atoms with E-state index in [1.165, 1.54) is 5.69 Å². The van der Waals surface area contributed by atoms with Crippen molar-refractivity contribution in [3.63, 3.8) is 0 Å². The minimum absolute atomic E-state index is 1.05. The molecule has 2 rings (SSSR count). The second kappa shape index (κ2) is 1.25. The molecule has 1 nitrogen and oxygen atoms in total. The van der Waals surface area contributed by atoms with Crippen LogP contribution in [0.15, 0.2) is 24.4 Å². The summed E-state index contributed by atoms with van der Waals surface area (Å²) in [6.07, 6.45) is 8.17. The van der Waals surface area contributed by atoms with Crippen molar-refractivity contribution in [3.8, 4) is 0 Å². The standard InChI is InChI=1S/C7H6N/c1-3-7-4-2-6-8(7)5-1/h1-3,5H,4H2. The molecule has 0 aliphatic carbocycles. The molecule has 0 bridgehead atoms. The predicted octanol–water partition coefficient (Wildman–Crippen LogP) is 1.21. The summed E-state index contributed by atoms with van der Waals surface area (Å²) in [6, 6.07) is 4.14. The zero-order chi connectivity index (χ0) is 5.40. The SMILES string of the molecule is [C]1=CCc2cccn21. The van der Waals surface area contributed by atoms with E-state index in [1.54, 1.807) is 0 Å². The van der Waals surface area contributed by atoms with Crippen LogP contribution < -0.4 is 0 Å². The van der Waals surface area contributed by atoms with Crippen LogP contribution in [0.3, 0.4) is 0 Å². The van der Waals surface area contributed by atoms with Gasteiger partial charge in [-0.1, -0.05) is 6.08 Å². The topological polar surface area (TPSA) is 4.93 Å². The maximum Gasteiger partial charge on any atom is 0.0654 e. The van der Waals surface area contributed by atoms with Crippen LogP contribution in [0, 0.1) is 6.20 Å².